The summed E-state index contributed by atoms with van der Waals surface area (Å²) in [6.45, 7) is 0.464. The quantitative estimate of drug-likeness (QED) is 0.506. The average molecular weight is 569 g/mol. The van der Waals surface area contributed by atoms with Crippen molar-refractivity contribution in [3.63, 3.8) is 0 Å². The number of nitrogens with one attached hydrogen (secondary N) is 1. The van der Waals surface area contributed by atoms with Gasteiger partial charge in [0.05, 0.1) is 15.0 Å². The van der Waals surface area contributed by atoms with Crippen molar-refractivity contribution >= 4 is 68.1 Å². The molecular weight excluding hydrogens is 547 g/mol. The van der Waals surface area contributed by atoms with Gasteiger partial charge in [-0.25, -0.2) is 8.42 Å². The smallest absolute Gasteiger partial charge is 0.293 e. The molecule has 4 rings (SSSR count). The van der Waals surface area contributed by atoms with Crippen LogP contribution in [0.25, 0.3) is 6.08 Å². The first kappa shape index (κ1) is 26.6. The minimum atomic E-state index is -3.84. The predicted molar refractivity (Wildman–Crippen MR) is 138 cm³/mol. The van der Waals surface area contributed by atoms with Crippen molar-refractivity contribution in [3.8, 4) is 0 Å². The lowest BCUT2D eigenvalue weighted by molar-refractivity contribution is -0.127. The van der Waals surface area contributed by atoms with Crippen LogP contribution in [0.3, 0.4) is 0 Å². The predicted octanol–water partition coefficient (Wildman–Crippen LogP) is 3.64. The summed E-state index contributed by atoms with van der Waals surface area (Å²) in [5, 5.41) is 2.48. The Kier molecular flexibility index (Phi) is 8.36. The molecule has 0 spiro atoms. The lowest BCUT2D eigenvalue weighted by atomic mass is 9.97. The molecule has 0 radical (unpaired) electrons. The van der Waals surface area contributed by atoms with Crippen molar-refractivity contribution in [2.24, 2.45) is 5.92 Å². The number of rotatable bonds is 7. The van der Waals surface area contributed by atoms with Crippen molar-refractivity contribution in [3.05, 3.63) is 63.2 Å². The molecule has 3 amide bonds. The number of sulfonamides is 1. The van der Waals surface area contributed by atoms with E-state index >= 15 is 0 Å². The largest absolute Gasteiger partial charge is 0.354 e. The Bertz CT molecular complexity index is 1310. The highest BCUT2D eigenvalue weighted by molar-refractivity contribution is 8.18. The third-order valence-electron chi connectivity index (χ3n) is 5.85. The molecule has 0 aliphatic carbocycles. The van der Waals surface area contributed by atoms with Crippen molar-refractivity contribution in [1.82, 2.24) is 19.5 Å². The number of nitrogens with zero attached hydrogens (tertiary/aromatic N) is 3. The second-order valence-electron chi connectivity index (χ2n) is 8.14. The van der Waals surface area contributed by atoms with Gasteiger partial charge >= 0.3 is 0 Å². The number of hydrogen-bond donors (Lipinski definition) is 1. The molecule has 2 aliphatic heterocycles. The standard InChI is InChI=1S/C23H22Cl2N4O5S2/c24-17-4-1-5-19(20(17)25)36(33,34)28-10-6-16(7-11-28)21(30)27-9-12-29-22(31)18(35-23(29)32)13-15-3-2-8-26-14-15/h1-5,8,13-14,16H,6-7,9-12H2,(H,27,30). The van der Waals surface area contributed by atoms with Gasteiger partial charge < -0.3 is 5.32 Å². The topological polar surface area (TPSA) is 117 Å². The number of benzene rings is 1. The van der Waals surface area contributed by atoms with Crippen LogP contribution in [0.2, 0.25) is 10.0 Å². The summed E-state index contributed by atoms with van der Waals surface area (Å²) in [7, 11) is -3.84. The van der Waals surface area contributed by atoms with Crippen LogP contribution in [0.4, 0.5) is 4.79 Å². The molecule has 9 nitrogen and oxygen atoms in total. The van der Waals surface area contributed by atoms with Crippen LogP contribution >= 0.6 is 35.0 Å². The van der Waals surface area contributed by atoms with Crippen LogP contribution in [0.5, 0.6) is 0 Å². The van der Waals surface area contributed by atoms with E-state index in [9.17, 15) is 22.8 Å². The second-order valence-corrected chi connectivity index (χ2v) is 11.8. The van der Waals surface area contributed by atoms with E-state index in [1.54, 1.807) is 30.6 Å². The van der Waals surface area contributed by atoms with Crippen LogP contribution in [0.15, 0.2) is 52.5 Å². The van der Waals surface area contributed by atoms with Crippen molar-refractivity contribution < 1.29 is 22.8 Å². The van der Waals surface area contributed by atoms with Gasteiger partial charge in [0.1, 0.15) is 4.90 Å². The van der Waals surface area contributed by atoms with Gasteiger partial charge in [-0.3, -0.25) is 24.3 Å². The zero-order valence-electron chi connectivity index (χ0n) is 18.9. The normalized spacial score (nSPS) is 18.7. The molecule has 0 atom stereocenters. The number of piperidine rings is 1. The molecule has 1 aromatic heterocycles. The van der Waals surface area contributed by atoms with E-state index in [0.29, 0.717) is 23.3 Å². The van der Waals surface area contributed by atoms with E-state index in [2.05, 4.69) is 10.3 Å². The third kappa shape index (κ3) is 5.76. The number of thioether (sulfide) groups is 1. The molecule has 1 N–H and O–H groups in total. The van der Waals surface area contributed by atoms with Crippen LogP contribution in [0, 0.1) is 5.92 Å². The first-order chi connectivity index (χ1) is 17.2. The van der Waals surface area contributed by atoms with Gasteiger partial charge in [0.15, 0.2) is 0 Å². The summed E-state index contributed by atoms with van der Waals surface area (Å²) in [5.74, 6) is -1.04. The lowest BCUT2D eigenvalue weighted by Gasteiger charge is -2.31. The molecule has 2 fully saturated rings. The van der Waals surface area contributed by atoms with E-state index in [4.69, 9.17) is 23.2 Å². The van der Waals surface area contributed by atoms with E-state index in [1.165, 1.54) is 22.5 Å². The lowest BCUT2D eigenvalue weighted by Crippen LogP contribution is -2.44. The van der Waals surface area contributed by atoms with E-state index in [-0.39, 0.29) is 52.9 Å². The van der Waals surface area contributed by atoms with Gasteiger partial charge in [0, 0.05) is 44.5 Å². The number of hydrogen-bond acceptors (Lipinski definition) is 7. The number of aromatic nitrogens is 1. The first-order valence-electron chi connectivity index (χ1n) is 11.1. The minimum Gasteiger partial charge on any atom is -0.354 e. The average Bonchev–Trinajstić information content (AvgIpc) is 3.13. The third-order valence-corrected chi connectivity index (χ3v) is 9.63. The molecule has 1 aromatic carbocycles. The highest BCUT2D eigenvalue weighted by Gasteiger charge is 2.36. The number of imide groups is 1. The maximum Gasteiger partial charge on any atom is 0.293 e. The van der Waals surface area contributed by atoms with Gasteiger partial charge in [0.2, 0.25) is 15.9 Å². The highest BCUT2D eigenvalue weighted by atomic mass is 35.5. The number of carbonyl (C=O) groups excluding carboxylic acids is 3. The van der Waals surface area contributed by atoms with Gasteiger partial charge in [-0.05, 0) is 54.4 Å². The molecule has 13 heteroatoms. The Morgan fingerprint density at radius 2 is 1.92 bits per heavy atom. The van der Waals surface area contributed by atoms with Crippen LogP contribution in [-0.2, 0) is 19.6 Å². The van der Waals surface area contributed by atoms with E-state index < -0.39 is 21.2 Å². The molecule has 0 bridgehead atoms. The molecular formula is C23H22Cl2N4O5S2. The van der Waals surface area contributed by atoms with Gasteiger partial charge in [-0.1, -0.05) is 35.3 Å². The highest BCUT2D eigenvalue weighted by Crippen LogP contribution is 2.33. The van der Waals surface area contributed by atoms with Crippen LogP contribution in [0.1, 0.15) is 18.4 Å². The van der Waals surface area contributed by atoms with Crippen LogP contribution in [-0.4, -0.2) is 65.8 Å². The molecule has 2 aliphatic rings. The zero-order valence-corrected chi connectivity index (χ0v) is 22.0. The number of carbonyl (C=O) groups is 3. The van der Waals surface area contributed by atoms with Crippen molar-refractivity contribution in [2.45, 2.75) is 17.7 Å². The maximum absolute atomic E-state index is 13.0. The summed E-state index contributed by atoms with van der Waals surface area (Å²) >= 11 is 12.9. The van der Waals surface area contributed by atoms with E-state index in [1.807, 2.05) is 0 Å². The Balaban J connectivity index is 1.27. The van der Waals surface area contributed by atoms with Crippen molar-refractivity contribution in [2.75, 3.05) is 26.2 Å². The Labute approximate surface area is 222 Å². The summed E-state index contributed by atoms with van der Waals surface area (Å²) in [4.78, 5) is 42.8. The fourth-order valence-corrected chi connectivity index (χ4v) is 6.99. The van der Waals surface area contributed by atoms with Crippen molar-refractivity contribution in [1.29, 1.82) is 0 Å². The van der Waals surface area contributed by atoms with Crippen LogP contribution < -0.4 is 5.32 Å². The Morgan fingerprint density at radius 1 is 1.17 bits per heavy atom. The van der Waals surface area contributed by atoms with Gasteiger partial charge in [-0.2, -0.15) is 4.31 Å². The minimum absolute atomic E-state index is 0.0263. The molecule has 0 saturated carbocycles. The summed E-state index contributed by atoms with van der Waals surface area (Å²) in [6.07, 6.45) is 5.48. The Hall–Kier alpha value is -2.44. The fourth-order valence-electron chi connectivity index (χ4n) is 3.92. The fraction of sp³-hybridized carbons (Fsp3) is 0.304. The summed E-state index contributed by atoms with van der Waals surface area (Å²) in [6, 6.07) is 7.95. The maximum atomic E-state index is 13.0. The zero-order chi connectivity index (χ0) is 25.9. The molecule has 0 unspecified atom stereocenters. The van der Waals surface area contributed by atoms with Gasteiger partial charge in [0.25, 0.3) is 11.1 Å². The monoisotopic (exact) mass is 568 g/mol. The molecule has 3 heterocycles. The van der Waals surface area contributed by atoms with E-state index in [0.717, 1.165) is 16.7 Å². The summed E-state index contributed by atoms with van der Waals surface area (Å²) < 4.78 is 27.2. The number of halogens is 2. The summed E-state index contributed by atoms with van der Waals surface area (Å²) in [5.41, 5.74) is 0.710. The molecule has 2 saturated heterocycles. The molecule has 36 heavy (non-hydrogen) atoms. The Morgan fingerprint density at radius 3 is 2.61 bits per heavy atom. The SMILES string of the molecule is O=C(NCCN1C(=O)SC(=Cc2cccnc2)C1=O)C1CCN(S(=O)(=O)c2cccc(Cl)c2Cl)CC1. The first-order valence-corrected chi connectivity index (χ1v) is 14.1. The van der Waals surface area contributed by atoms with Gasteiger partial charge in [-0.15, -0.1) is 0 Å². The number of amides is 3. The second kappa shape index (κ2) is 11.3. The number of pyridine rings is 1. The molecule has 2 aromatic rings. The molecule has 190 valence electrons.